The van der Waals surface area contributed by atoms with Crippen molar-refractivity contribution >= 4 is 28.2 Å². The molecule has 172 valence electrons. The number of fused-ring (bicyclic) bond motifs is 3. The topological polar surface area (TPSA) is 70.7 Å². The fourth-order valence-electron chi connectivity index (χ4n) is 4.21. The van der Waals surface area contributed by atoms with Gasteiger partial charge in [0.1, 0.15) is 0 Å². The van der Waals surface area contributed by atoms with Crippen LogP contribution in [0.25, 0.3) is 27.7 Å². The third-order valence-corrected chi connectivity index (χ3v) is 6.18. The number of pyridine rings is 1. The average molecular weight is 475 g/mol. The van der Waals surface area contributed by atoms with E-state index < -0.39 is 0 Å². The lowest BCUT2D eigenvalue weighted by atomic mass is 10.0. The third-order valence-electron chi connectivity index (χ3n) is 5.93. The summed E-state index contributed by atoms with van der Waals surface area (Å²) in [7, 11) is 3.18. The lowest BCUT2D eigenvalue weighted by Crippen LogP contribution is -2.21. The van der Waals surface area contributed by atoms with E-state index in [-0.39, 0.29) is 5.56 Å². The van der Waals surface area contributed by atoms with Crippen molar-refractivity contribution in [3.63, 3.8) is 0 Å². The number of nitrogens with zero attached hydrogens (tertiary/aromatic N) is 4. The van der Waals surface area contributed by atoms with Crippen LogP contribution in [0.1, 0.15) is 18.2 Å². The van der Waals surface area contributed by atoms with Crippen molar-refractivity contribution in [2.45, 2.75) is 19.9 Å². The second-order valence-electron chi connectivity index (χ2n) is 7.91. The molecule has 0 saturated carbocycles. The molecule has 5 rings (SSSR count). The summed E-state index contributed by atoms with van der Waals surface area (Å²) in [6.45, 7) is 2.45. The highest BCUT2D eigenvalue weighted by atomic mass is 35.5. The maximum absolute atomic E-state index is 13.3. The van der Waals surface area contributed by atoms with Crippen molar-refractivity contribution in [2.24, 2.45) is 0 Å². The largest absolute Gasteiger partial charge is 0.493 e. The number of rotatable bonds is 6. The van der Waals surface area contributed by atoms with E-state index in [1.54, 1.807) is 35.7 Å². The number of halogens is 1. The Morgan fingerprint density at radius 2 is 1.76 bits per heavy atom. The summed E-state index contributed by atoms with van der Waals surface area (Å²) in [5.74, 6) is 1.26. The minimum absolute atomic E-state index is 0.136. The standard InChI is InChI=1S/C26H23ClN4O3/c1-4-20-24(17-6-8-18(27)9-7-17)25-28-14-19-21(31(25)29-20)11-12-30(26(19)32)15-16-5-10-22(33-2)23(13-16)34-3/h5-14H,4,15H2,1-3H3. The molecule has 0 aliphatic rings. The van der Waals surface area contributed by atoms with Crippen LogP contribution in [-0.2, 0) is 13.0 Å². The first kappa shape index (κ1) is 22.0. The van der Waals surface area contributed by atoms with Gasteiger partial charge in [0.25, 0.3) is 5.56 Å². The molecule has 0 N–H and O–H groups in total. The summed E-state index contributed by atoms with van der Waals surface area (Å²) in [4.78, 5) is 18.0. The van der Waals surface area contributed by atoms with Crippen molar-refractivity contribution < 1.29 is 9.47 Å². The first-order chi connectivity index (χ1) is 16.5. The summed E-state index contributed by atoms with van der Waals surface area (Å²) in [6, 6.07) is 15.2. The van der Waals surface area contributed by atoms with Gasteiger partial charge in [-0.3, -0.25) is 4.79 Å². The summed E-state index contributed by atoms with van der Waals surface area (Å²) >= 11 is 6.08. The van der Waals surface area contributed by atoms with E-state index in [1.807, 2.05) is 48.5 Å². The van der Waals surface area contributed by atoms with Crippen LogP contribution in [0.4, 0.5) is 0 Å². The molecule has 34 heavy (non-hydrogen) atoms. The van der Waals surface area contributed by atoms with Gasteiger partial charge < -0.3 is 14.0 Å². The molecule has 0 amide bonds. The third kappa shape index (κ3) is 3.68. The van der Waals surface area contributed by atoms with E-state index in [9.17, 15) is 4.79 Å². The molecule has 0 radical (unpaired) electrons. The fourth-order valence-corrected chi connectivity index (χ4v) is 4.34. The molecule has 8 heteroatoms. The molecule has 2 aromatic carbocycles. The molecule has 0 spiro atoms. The Balaban J connectivity index is 1.62. The predicted molar refractivity (Wildman–Crippen MR) is 133 cm³/mol. The van der Waals surface area contributed by atoms with Gasteiger partial charge in [0.2, 0.25) is 0 Å². The highest BCUT2D eigenvalue weighted by Crippen LogP contribution is 2.31. The molecule has 0 bridgehead atoms. The molecule has 0 atom stereocenters. The highest BCUT2D eigenvalue weighted by molar-refractivity contribution is 6.30. The van der Waals surface area contributed by atoms with Crippen LogP contribution in [0.3, 0.4) is 0 Å². The van der Waals surface area contributed by atoms with Crippen molar-refractivity contribution in [1.29, 1.82) is 0 Å². The minimum atomic E-state index is -0.136. The summed E-state index contributed by atoms with van der Waals surface area (Å²) in [5.41, 5.74) is 5.07. The van der Waals surface area contributed by atoms with Crippen molar-refractivity contribution in [2.75, 3.05) is 14.2 Å². The summed E-state index contributed by atoms with van der Waals surface area (Å²) in [5, 5.41) is 5.97. The Kier molecular flexibility index (Phi) is 5.71. The smallest absolute Gasteiger partial charge is 0.261 e. The van der Waals surface area contributed by atoms with Gasteiger partial charge in [-0.1, -0.05) is 36.7 Å². The maximum Gasteiger partial charge on any atom is 0.261 e. The predicted octanol–water partition coefficient (Wildman–Crippen LogP) is 4.99. The number of hydrogen-bond donors (Lipinski definition) is 0. The van der Waals surface area contributed by atoms with Crippen LogP contribution < -0.4 is 15.0 Å². The Morgan fingerprint density at radius 1 is 1.00 bits per heavy atom. The Hall–Kier alpha value is -3.84. The molecule has 0 unspecified atom stereocenters. The Bertz CT molecular complexity index is 1570. The second kappa shape index (κ2) is 8.83. The molecular weight excluding hydrogens is 452 g/mol. The molecule has 0 saturated heterocycles. The average Bonchev–Trinajstić information content (AvgIpc) is 3.25. The molecule has 3 aromatic heterocycles. The highest BCUT2D eigenvalue weighted by Gasteiger charge is 2.18. The number of benzene rings is 2. The van der Waals surface area contributed by atoms with E-state index in [4.69, 9.17) is 26.2 Å². The van der Waals surface area contributed by atoms with Crippen molar-refractivity contribution in [3.8, 4) is 22.6 Å². The minimum Gasteiger partial charge on any atom is -0.493 e. The van der Waals surface area contributed by atoms with Gasteiger partial charge in [0, 0.05) is 23.0 Å². The van der Waals surface area contributed by atoms with Crippen LogP contribution in [0.2, 0.25) is 5.02 Å². The zero-order valence-corrected chi connectivity index (χ0v) is 19.8. The van der Waals surface area contributed by atoms with Gasteiger partial charge in [-0.15, -0.1) is 0 Å². The van der Waals surface area contributed by atoms with Gasteiger partial charge in [-0.05, 0) is 47.9 Å². The summed E-state index contributed by atoms with van der Waals surface area (Å²) in [6.07, 6.45) is 4.16. The molecule has 0 aliphatic carbocycles. The van der Waals surface area contributed by atoms with E-state index in [1.165, 1.54) is 0 Å². The first-order valence-corrected chi connectivity index (χ1v) is 11.3. The lowest BCUT2D eigenvalue weighted by molar-refractivity contribution is 0.354. The van der Waals surface area contributed by atoms with Crippen LogP contribution in [-0.4, -0.2) is 33.4 Å². The van der Waals surface area contributed by atoms with Crippen LogP contribution >= 0.6 is 11.6 Å². The number of aryl methyl sites for hydroxylation is 1. The number of aromatic nitrogens is 4. The molecule has 0 fully saturated rings. The Morgan fingerprint density at radius 3 is 2.47 bits per heavy atom. The molecule has 0 aliphatic heterocycles. The van der Waals surface area contributed by atoms with E-state index >= 15 is 0 Å². The number of methoxy groups -OCH3 is 2. The van der Waals surface area contributed by atoms with Crippen molar-refractivity contribution in [3.05, 3.63) is 87.6 Å². The zero-order chi connectivity index (χ0) is 23.8. The normalized spacial score (nSPS) is 11.3. The van der Waals surface area contributed by atoms with Crippen LogP contribution in [0.15, 0.2) is 65.7 Å². The lowest BCUT2D eigenvalue weighted by Gasteiger charge is -2.11. The van der Waals surface area contributed by atoms with Gasteiger partial charge in [0.05, 0.1) is 37.4 Å². The Labute approximate surface area is 201 Å². The SMILES string of the molecule is CCc1nn2c(ncc3c(=O)n(Cc4ccc(OC)c(OC)c4)ccc32)c1-c1ccc(Cl)cc1. The van der Waals surface area contributed by atoms with Gasteiger partial charge in [-0.2, -0.15) is 5.10 Å². The second-order valence-corrected chi connectivity index (χ2v) is 8.35. The first-order valence-electron chi connectivity index (χ1n) is 10.9. The van der Waals surface area contributed by atoms with E-state index in [2.05, 4.69) is 11.9 Å². The number of ether oxygens (including phenoxy) is 2. The van der Waals surface area contributed by atoms with Gasteiger partial charge in [-0.25, -0.2) is 9.50 Å². The van der Waals surface area contributed by atoms with Crippen LogP contribution in [0, 0.1) is 0 Å². The quantitative estimate of drug-likeness (QED) is 0.346. The van der Waals surface area contributed by atoms with Crippen LogP contribution in [0.5, 0.6) is 11.5 Å². The summed E-state index contributed by atoms with van der Waals surface area (Å²) < 4.78 is 14.1. The van der Waals surface area contributed by atoms with Gasteiger partial charge >= 0.3 is 0 Å². The number of hydrogen-bond acceptors (Lipinski definition) is 5. The monoisotopic (exact) mass is 474 g/mol. The molecular formula is C26H23ClN4O3. The van der Waals surface area contributed by atoms with E-state index in [0.717, 1.165) is 28.8 Å². The van der Waals surface area contributed by atoms with Gasteiger partial charge in [0.15, 0.2) is 17.1 Å². The van der Waals surface area contributed by atoms with E-state index in [0.29, 0.717) is 39.6 Å². The van der Waals surface area contributed by atoms with Crippen molar-refractivity contribution in [1.82, 2.24) is 19.2 Å². The molecule has 3 heterocycles. The zero-order valence-electron chi connectivity index (χ0n) is 19.1. The molecule has 7 nitrogen and oxygen atoms in total. The molecule has 5 aromatic rings. The maximum atomic E-state index is 13.3. The fraction of sp³-hybridized carbons (Fsp3) is 0.192.